The van der Waals surface area contributed by atoms with Gasteiger partial charge in [0.25, 0.3) is 0 Å². The SMILES string of the molecule is CS(=O)N1CCN(CCCOc2ccc(Nc3ncnc4c3CCN(c3ccc(NO)c(C(F)(F)F)c3)C4)cc2Cl)CC1. The summed E-state index contributed by atoms with van der Waals surface area (Å²) >= 11 is 6.52. The van der Waals surface area contributed by atoms with E-state index in [1.807, 2.05) is 15.3 Å². The number of rotatable bonds is 10. The first-order chi connectivity index (χ1) is 20.6. The first-order valence-electron chi connectivity index (χ1n) is 13.8. The Morgan fingerprint density at radius 3 is 2.58 bits per heavy atom. The van der Waals surface area contributed by atoms with Crippen LogP contribution in [0.25, 0.3) is 0 Å². The molecule has 1 saturated heterocycles. The Labute approximate surface area is 255 Å². The van der Waals surface area contributed by atoms with Crippen LogP contribution in [0.2, 0.25) is 5.02 Å². The smallest absolute Gasteiger partial charge is 0.418 e. The van der Waals surface area contributed by atoms with Crippen LogP contribution in [0.15, 0.2) is 42.7 Å². The first-order valence-corrected chi connectivity index (χ1v) is 15.7. The standard InChI is InChI=1S/C28H33ClF3N7O3S/c1-43(41)39-12-10-37(11-13-39)8-2-14-42-26-6-3-19(15-23(26)29)35-27-21-7-9-38(17-25(21)33-18-34-27)20-4-5-24(36-40)22(16-20)28(30,31)32/h3-6,15-16,18,36,40H,2,7-14,17H2,1H3,(H,33,34,35). The maximum Gasteiger partial charge on any atom is 0.418 e. The molecule has 3 N–H and O–H groups in total. The summed E-state index contributed by atoms with van der Waals surface area (Å²) in [6, 6.07) is 9.18. The third kappa shape index (κ3) is 7.68. The molecular weight excluding hydrogens is 607 g/mol. The Hall–Kier alpha value is -3.17. The molecule has 0 bridgehead atoms. The van der Waals surface area contributed by atoms with E-state index in [9.17, 15) is 17.4 Å². The van der Waals surface area contributed by atoms with Crippen LogP contribution in [0, 0.1) is 0 Å². The van der Waals surface area contributed by atoms with Gasteiger partial charge in [0, 0.05) is 62.5 Å². The fraction of sp³-hybridized carbons (Fsp3) is 0.429. The second-order valence-electron chi connectivity index (χ2n) is 10.3. The quantitative estimate of drug-likeness (QED) is 0.210. The van der Waals surface area contributed by atoms with Crippen molar-refractivity contribution in [3.63, 3.8) is 0 Å². The molecule has 1 fully saturated rings. The van der Waals surface area contributed by atoms with Gasteiger partial charge in [0.1, 0.15) is 17.9 Å². The van der Waals surface area contributed by atoms with Crippen LogP contribution < -0.4 is 20.4 Å². The lowest BCUT2D eigenvalue weighted by Crippen LogP contribution is -2.46. The fourth-order valence-electron chi connectivity index (χ4n) is 5.26. The number of hydrogen-bond donors (Lipinski definition) is 3. The Morgan fingerprint density at radius 2 is 1.88 bits per heavy atom. The first kappa shape index (κ1) is 31.3. The minimum absolute atomic E-state index is 0.303. The van der Waals surface area contributed by atoms with E-state index in [4.69, 9.17) is 21.5 Å². The number of nitrogens with one attached hydrogen (secondary N) is 2. The lowest BCUT2D eigenvalue weighted by atomic mass is 10.0. The number of hydrogen-bond acceptors (Lipinski definition) is 9. The van der Waals surface area contributed by atoms with Gasteiger partial charge in [-0.25, -0.2) is 18.5 Å². The van der Waals surface area contributed by atoms with E-state index >= 15 is 0 Å². The zero-order valence-corrected chi connectivity index (χ0v) is 25.1. The Morgan fingerprint density at radius 1 is 1.09 bits per heavy atom. The van der Waals surface area contributed by atoms with Gasteiger partial charge in [-0.15, -0.1) is 0 Å². The van der Waals surface area contributed by atoms with E-state index in [0.717, 1.165) is 50.8 Å². The van der Waals surface area contributed by atoms with Crippen molar-refractivity contribution < 1.29 is 27.3 Å². The Bertz CT molecular complexity index is 1460. The molecule has 1 atom stereocenters. The van der Waals surface area contributed by atoms with Crippen molar-refractivity contribution >= 4 is 45.5 Å². The molecule has 43 heavy (non-hydrogen) atoms. The van der Waals surface area contributed by atoms with E-state index in [2.05, 4.69) is 20.2 Å². The molecule has 1 unspecified atom stereocenters. The Balaban J connectivity index is 1.17. The summed E-state index contributed by atoms with van der Waals surface area (Å²) in [4.78, 5) is 12.9. The minimum atomic E-state index is -4.62. The van der Waals surface area contributed by atoms with E-state index in [0.29, 0.717) is 59.8 Å². The van der Waals surface area contributed by atoms with Gasteiger partial charge in [0.15, 0.2) is 0 Å². The lowest BCUT2D eigenvalue weighted by Gasteiger charge is -2.32. The third-order valence-corrected chi connectivity index (χ3v) is 8.95. The summed E-state index contributed by atoms with van der Waals surface area (Å²) in [7, 11) is -0.918. The van der Waals surface area contributed by atoms with Crippen molar-refractivity contribution in [1.29, 1.82) is 0 Å². The molecule has 2 aliphatic heterocycles. The van der Waals surface area contributed by atoms with Gasteiger partial charge in [-0.05, 0) is 49.2 Å². The zero-order chi connectivity index (χ0) is 30.6. The molecule has 2 aliphatic rings. The fourth-order valence-corrected chi connectivity index (χ4v) is 6.17. The molecule has 5 rings (SSSR count). The lowest BCUT2D eigenvalue weighted by molar-refractivity contribution is -0.137. The Kier molecular flexibility index (Phi) is 9.92. The summed E-state index contributed by atoms with van der Waals surface area (Å²) in [6.45, 7) is 5.56. The van der Waals surface area contributed by atoms with Crippen molar-refractivity contribution in [2.75, 3.05) is 67.8 Å². The number of benzene rings is 2. The molecule has 15 heteroatoms. The largest absolute Gasteiger partial charge is 0.492 e. The van der Waals surface area contributed by atoms with Gasteiger partial charge in [-0.2, -0.15) is 13.2 Å². The molecule has 3 heterocycles. The van der Waals surface area contributed by atoms with E-state index in [1.165, 1.54) is 18.5 Å². The molecule has 0 saturated carbocycles. The van der Waals surface area contributed by atoms with E-state index < -0.39 is 28.4 Å². The number of piperazine rings is 1. The number of alkyl halides is 3. The zero-order valence-electron chi connectivity index (χ0n) is 23.5. The van der Waals surface area contributed by atoms with Crippen molar-refractivity contribution in [3.8, 4) is 5.75 Å². The van der Waals surface area contributed by atoms with Crippen molar-refractivity contribution in [1.82, 2.24) is 19.2 Å². The average molecular weight is 640 g/mol. The monoisotopic (exact) mass is 639 g/mol. The van der Waals surface area contributed by atoms with Gasteiger partial charge < -0.3 is 19.9 Å². The van der Waals surface area contributed by atoms with Crippen molar-refractivity contribution in [2.45, 2.75) is 25.6 Å². The number of anilines is 4. The van der Waals surface area contributed by atoms with Crippen LogP contribution in [-0.4, -0.2) is 80.7 Å². The summed E-state index contributed by atoms with van der Waals surface area (Å²) in [5, 5.41) is 12.8. The summed E-state index contributed by atoms with van der Waals surface area (Å²) < 4.78 is 59.9. The van der Waals surface area contributed by atoms with Crippen LogP contribution in [0.4, 0.5) is 36.1 Å². The van der Waals surface area contributed by atoms with Crippen LogP contribution in [0.3, 0.4) is 0 Å². The topological polar surface area (TPSA) is 106 Å². The number of halogens is 4. The summed E-state index contributed by atoms with van der Waals surface area (Å²) in [5.41, 5.74) is 2.95. The van der Waals surface area contributed by atoms with Crippen molar-refractivity contribution in [2.24, 2.45) is 0 Å². The van der Waals surface area contributed by atoms with Gasteiger partial charge >= 0.3 is 6.18 Å². The van der Waals surface area contributed by atoms with Gasteiger partial charge in [-0.3, -0.25) is 10.7 Å². The van der Waals surface area contributed by atoms with Crippen molar-refractivity contribution in [3.05, 3.63) is 64.6 Å². The molecular formula is C28H33ClF3N7O3S. The highest BCUT2D eigenvalue weighted by Gasteiger charge is 2.34. The molecule has 2 aromatic carbocycles. The average Bonchev–Trinajstić information content (AvgIpc) is 2.99. The predicted molar refractivity (Wildman–Crippen MR) is 161 cm³/mol. The number of aromatic nitrogens is 2. The number of ether oxygens (including phenoxy) is 1. The minimum Gasteiger partial charge on any atom is -0.492 e. The third-order valence-electron chi connectivity index (χ3n) is 7.57. The van der Waals surface area contributed by atoms with Gasteiger partial charge in [-0.1, -0.05) is 11.6 Å². The predicted octanol–water partition coefficient (Wildman–Crippen LogP) is 4.94. The van der Waals surface area contributed by atoms with Crippen LogP contribution >= 0.6 is 11.6 Å². The molecule has 232 valence electrons. The molecule has 0 radical (unpaired) electrons. The van der Waals surface area contributed by atoms with Gasteiger partial charge in [0.2, 0.25) is 0 Å². The second kappa shape index (κ2) is 13.6. The van der Waals surface area contributed by atoms with Crippen LogP contribution in [0.1, 0.15) is 23.2 Å². The molecule has 10 nitrogen and oxygen atoms in total. The van der Waals surface area contributed by atoms with E-state index in [1.54, 1.807) is 23.9 Å². The molecule has 1 aromatic heterocycles. The summed E-state index contributed by atoms with van der Waals surface area (Å²) in [5.74, 6) is 1.19. The maximum atomic E-state index is 13.5. The second-order valence-corrected chi connectivity index (χ2v) is 12.1. The number of fused-ring (bicyclic) bond motifs is 1. The molecule has 0 aliphatic carbocycles. The molecule has 0 amide bonds. The highest BCUT2D eigenvalue weighted by molar-refractivity contribution is 7.81. The van der Waals surface area contributed by atoms with Crippen LogP contribution in [-0.2, 0) is 30.1 Å². The maximum absolute atomic E-state index is 13.5. The normalized spacial score (nSPS) is 16.9. The molecule has 0 spiro atoms. The highest BCUT2D eigenvalue weighted by Crippen LogP contribution is 2.38. The molecule has 3 aromatic rings. The highest BCUT2D eigenvalue weighted by atomic mass is 35.5. The number of nitrogens with zero attached hydrogens (tertiary/aromatic N) is 5. The van der Waals surface area contributed by atoms with Crippen LogP contribution in [0.5, 0.6) is 5.75 Å². The van der Waals surface area contributed by atoms with E-state index in [-0.39, 0.29) is 0 Å². The van der Waals surface area contributed by atoms with Gasteiger partial charge in [0.05, 0.1) is 46.1 Å². The summed E-state index contributed by atoms with van der Waals surface area (Å²) in [6.07, 6.45) is -0.130.